The highest BCUT2D eigenvalue weighted by molar-refractivity contribution is 7.13. The summed E-state index contributed by atoms with van der Waals surface area (Å²) < 4.78 is 0. The molecule has 10 heavy (non-hydrogen) atoms. The van der Waals surface area contributed by atoms with Gasteiger partial charge in [0, 0.05) is 23.5 Å². The zero-order valence-electron chi connectivity index (χ0n) is 5.67. The van der Waals surface area contributed by atoms with Crippen molar-refractivity contribution in [1.29, 1.82) is 0 Å². The van der Waals surface area contributed by atoms with Gasteiger partial charge in [-0.25, -0.2) is 4.98 Å². The third kappa shape index (κ3) is 2.54. The van der Waals surface area contributed by atoms with E-state index in [9.17, 15) is 0 Å². The lowest BCUT2D eigenvalue weighted by atomic mass is 10.5. The zero-order valence-corrected chi connectivity index (χ0v) is 7.25. The van der Waals surface area contributed by atoms with Gasteiger partial charge in [0.25, 0.3) is 0 Å². The fraction of sp³-hybridized carbons (Fsp3) is 0.500. The molecule has 0 saturated heterocycles. The molecule has 1 N–H and O–H groups in total. The molecule has 0 aliphatic rings. The largest absolute Gasteiger partial charge is 0.360 e. The van der Waals surface area contributed by atoms with E-state index in [2.05, 4.69) is 10.3 Å². The van der Waals surface area contributed by atoms with Crippen LogP contribution in [0.1, 0.15) is 6.92 Å². The van der Waals surface area contributed by atoms with Crippen LogP contribution in [-0.2, 0) is 0 Å². The Morgan fingerprint density at radius 1 is 1.90 bits per heavy atom. The summed E-state index contributed by atoms with van der Waals surface area (Å²) in [7, 11) is 0. The minimum Gasteiger partial charge on any atom is -0.360 e. The Kier molecular flexibility index (Phi) is 2.96. The van der Waals surface area contributed by atoms with Crippen molar-refractivity contribution >= 4 is 28.1 Å². The van der Waals surface area contributed by atoms with Gasteiger partial charge in [0.15, 0.2) is 5.13 Å². The fourth-order valence-electron chi connectivity index (χ4n) is 0.539. The highest BCUT2D eigenvalue weighted by Gasteiger charge is 1.96. The van der Waals surface area contributed by atoms with E-state index in [0.29, 0.717) is 0 Å². The molecule has 1 rings (SSSR count). The predicted octanol–water partition coefficient (Wildman–Crippen LogP) is 2.18. The van der Waals surface area contributed by atoms with Gasteiger partial charge in [-0.3, -0.25) is 0 Å². The minimum atomic E-state index is 0.156. The van der Waals surface area contributed by atoms with Crippen LogP contribution < -0.4 is 5.32 Å². The summed E-state index contributed by atoms with van der Waals surface area (Å²) in [6.45, 7) is 2.72. The normalized spacial score (nSPS) is 13.0. The van der Waals surface area contributed by atoms with Crippen LogP contribution in [-0.4, -0.2) is 16.9 Å². The highest BCUT2D eigenvalue weighted by atomic mass is 35.5. The van der Waals surface area contributed by atoms with Crippen molar-refractivity contribution in [3.63, 3.8) is 0 Å². The number of rotatable bonds is 3. The first-order valence-corrected chi connectivity index (χ1v) is 4.38. The van der Waals surface area contributed by atoms with Crippen molar-refractivity contribution < 1.29 is 0 Å². The zero-order chi connectivity index (χ0) is 7.40. The maximum atomic E-state index is 5.71. The monoisotopic (exact) mass is 176 g/mol. The van der Waals surface area contributed by atoms with Crippen LogP contribution in [0.25, 0.3) is 0 Å². The van der Waals surface area contributed by atoms with E-state index in [1.807, 2.05) is 12.3 Å². The first-order valence-electron chi connectivity index (χ1n) is 3.06. The number of hydrogen-bond donors (Lipinski definition) is 1. The third-order valence-corrected chi connectivity index (χ3v) is 1.85. The van der Waals surface area contributed by atoms with Gasteiger partial charge in [-0.05, 0) is 6.92 Å². The average Bonchev–Trinajstić information content (AvgIpc) is 2.34. The topological polar surface area (TPSA) is 24.9 Å². The predicted molar refractivity (Wildman–Crippen MR) is 45.9 cm³/mol. The van der Waals surface area contributed by atoms with Crippen LogP contribution in [0.15, 0.2) is 11.6 Å². The van der Waals surface area contributed by atoms with Crippen LogP contribution in [0.2, 0.25) is 0 Å². The third-order valence-electron chi connectivity index (χ3n) is 0.967. The summed E-state index contributed by atoms with van der Waals surface area (Å²) in [5, 5.41) is 6.13. The molecule has 0 bridgehead atoms. The second-order valence-corrected chi connectivity index (χ2v) is 3.64. The number of nitrogens with one attached hydrogen (secondary N) is 1. The number of thiazole rings is 1. The van der Waals surface area contributed by atoms with Crippen LogP contribution in [0.4, 0.5) is 5.13 Å². The van der Waals surface area contributed by atoms with Crippen molar-refractivity contribution in [3.05, 3.63) is 11.6 Å². The second kappa shape index (κ2) is 3.78. The molecule has 1 heterocycles. The van der Waals surface area contributed by atoms with Crippen LogP contribution in [0, 0.1) is 0 Å². The minimum absolute atomic E-state index is 0.156. The summed E-state index contributed by atoms with van der Waals surface area (Å²) in [6, 6.07) is 0. The molecule has 0 aliphatic carbocycles. The van der Waals surface area contributed by atoms with E-state index >= 15 is 0 Å². The van der Waals surface area contributed by atoms with Gasteiger partial charge in [-0.15, -0.1) is 22.9 Å². The van der Waals surface area contributed by atoms with Gasteiger partial charge in [0.2, 0.25) is 0 Å². The lowest BCUT2D eigenvalue weighted by Gasteiger charge is -2.02. The molecule has 56 valence electrons. The molecule has 0 spiro atoms. The first-order chi connectivity index (χ1) is 4.79. The van der Waals surface area contributed by atoms with Gasteiger partial charge >= 0.3 is 0 Å². The highest BCUT2D eigenvalue weighted by Crippen LogP contribution is 2.10. The summed E-state index contributed by atoms with van der Waals surface area (Å²) in [5.74, 6) is 0. The number of nitrogens with zero attached hydrogens (tertiary/aromatic N) is 1. The first kappa shape index (κ1) is 7.82. The maximum Gasteiger partial charge on any atom is 0.182 e. The second-order valence-electron chi connectivity index (χ2n) is 2.00. The quantitative estimate of drug-likeness (QED) is 0.715. The number of anilines is 1. The standard InChI is InChI=1S/C6H9ClN2S/c1-5(7)4-9-6-8-2-3-10-6/h2-3,5H,4H2,1H3,(H,8,9). The molecule has 1 aromatic heterocycles. The Labute approximate surface area is 69.2 Å². The molecule has 2 nitrogen and oxygen atoms in total. The molecule has 1 atom stereocenters. The Bertz CT molecular complexity index is 174. The molecular weight excluding hydrogens is 168 g/mol. The van der Waals surface area contributed by atoms with Gasteiger partial charge in [-0.2, -0.15) is 0 Å². The number of hydrogen-bond acceptors (Lipinski definition) is 3. The molecule has 0 radical (unpaired) electrons. The molecule has 1 aromatic rings. The number of alkyl halides is 1. The smallest absolute Gasteiger partial charge is 0.182 e. The lowest BCUT2D eigenvalue weighted by Crippen LogP contribution is -2.09. The molecule has 1 unspecified atom stereocenters. The summed E-state index contributed by atoms with van der Waals surface area (Å²) in [6.07, 6.45) is 1.77. The SMILES string of the molecule is CC(Cl)CNc1nccs1. The van der Waals surface area contributed by atoms with Gasteiger partial charge in [0.1, 0.15) is 0 Å². The maximum absolute atomic E-state index is 5.71. The van der Waals surface area contributed by atoms with E-state index in [4.69, 9.17) is 11.6 Å². The van der Waals surface area contributed by atoms with E-state index in [-0.39, 0.29) is 5.38 Å². The van der Waals surface area contributed by atoms with Crippen molar-refractivity contribution in [3.8, 4) is 0 Å². The van der Waals surface area contributed by atoms with Crippen molar-refractivity contribution in [2.24, 2.45) is 0 Å². The van der Waals surface area contributed by atoms with E-state index in [1.165, 1.54) is 0 Å². The van der Waals surface area contributed by atoms with E-state index in [1.54, 1.807) is 17.5 Å². The molecule has 0 amide bonds. The van der Waals surface area contributed by atoms with Gasteiger partial charge in [-0.1, -0.05) is 0 Å². The van der Waals surface area contributed by atoms with E-state index < -0.39 is 0 Å². The molecule has 0 aliphatic heterocycles. The van der Waals surface area contributed by atoms with Crippen LogP contribution in [0.3, 0.4) is 0 Å². The Balaban J connectivity index is 2.28. The van der Waals surface area contributed by atoms with Crippen LogP contribution in [0.5, 0.6) is 0 Å². The van der Waals surface area contributed by atoms with Gasteiger partial charge in [0.05, 0.1) is 0 Å². The van der Waals surface area contributed by atoms with Crippen molar-refractivity contribution in [2.45, 2.75) is 12.3 Å². The molecule has 0 fully saturated rings. The Morgan fingerprint density at radius 2 is 2.70 bits per heavy atom. The lowest BCUT2D eigenvalue weighted by molar-refractivity contribution is 0.985. The van der Waals surface area contributed by atoms with Crippen molar-refractivity contribution in [1.82, 2.24) is 4.98 Å². The molecule has 0 aromatic carbocycles. The summed E-state index contributed by atoms with van der Waals surface area (Å²) >= 11 is 7.29. The Morgan fingerprint density at radius 3 is 3.20 bits per heavy atom. The molecule has 0 saturated carbocycles. The summed E-state index contributed by atoms with van der Waals surface area (Å²) in [5.41, 5.74) is 0. The van der Waals surface area contributed by atoms with E-state index in [0.717, 1.165) is 11.7 Å². The fourth-order valence-corrected chi connectivity index (χ4v) is 1.15. The van der Waals surface area contributed by atoms with Gasteiger partial charge < -0.3 is 5.32 Å². The number of halogens is 1. The molecular formula is C6H9ClN2S. The number of aromatic nitrogens is 1. The average molecular weight is 177 g/mol. The Hall–Kier alpha value is -0.280. The summed E-state index contributed by atoms with van der Waals surface area (Å²) in [4.78, 5) is 4.04. The molecule has 4 heteroatoms. The van der Waals surface area contributed by atoms with Crippen LogP contribution >= 0.6 is 22.9 Å². The van der Waals surface area contributed by atoms with Crippen molar-refractivity contribution in [2.75, 3.05) is 11.9 Å².